The van der Waals surface area contributed by atoms with Gasteiger partial charge in [0.15, 0.2) is 0 Å². The minimum atomic E-state index is 0.476. The zero-order chi connectivity index (χ0) is 11.9. The smallest absolute Gasteiger partial charge is 0.107 e. The molecule has 3 nitrogen and oxygen atoms in total. The van der Waals surface area contributed by atoms with Gasteiger partial charge < -0.3 is 4.74 Å². The van der Waals surface area contributed by atoms with Crippen LogP contribution in [0.15, 0.2) is 5.38 Å². The second-order valence-corrected chi connectivity index (χ2v) is 7.51. The number of hydrogen-bond acceptors (Lipinski definition) is 5. The van der Waals surface area contributed by atoms with E-state index in [2.05, 4.69) is 33.9 Å². The fraction of sp³-hybridized carbons (Fsp3) is 0.750. The van der Waals surface area contributed by atoms with E-state index in [1.54, 1.807) is 11.3 Å². The Morgan fingerprint density at radius 3 is 3.00 bits per heavy atom. The van der Waals surface area contributed by atoms with Gasteiger partial charge in [-0.05, 0) is 13.3 Å². The number of likely N-dealkylation sites (tertiary alicyclic amines) is 1. The average molecular weight is 270 g/mol. The Morgan fingerprint density at radius 2 is 2.41 bits per heavy atom. The molecule has 5 heteroatoms. The van der Waals surface area contributed by atoms with Crippen LogP contribution in [0.2, 0.25) is 0 Å². The third-order valence-corrected chi connectivity index (χ3v) is 6.08. The van der Waals surface area contributed by atoms with Crippen molar-refractivity contribution >= 4 is 23.1 Å². The summed E-state index contributed by atoms with van der Waals surface area (Å²) in [6.07, 6.45) is 1.70. The molecular weight excluding hydrogens is 252 g/mol. The van der Waals surface area contributed by atoms with Gasteiger partial charge in [-0.15, -0.1) is 23.1 Å². The first-order valence-electron chi connectivity index (χ1n) is 5.99. The highest BCUT2D eigenvalue weighted by atomic mass is 32.2. The lowest BCUT2D eigenvalue weighted by Gasteiger charge is -2.47. The summed E-state index contributed by atoms with van der Waals surface area (Å²) in [5.41, 5.74) is 1.15. The fourth-order valence-electron chi connectivity index (χ4n) is 2.72. The van der Waals surface area contributed by atoms with Crippen molar-refractivity contribution in [1.82, 2.24) is 9.88 Å². The first-order valence-corrected chi connectivity index (χ1v) is 7.86. The Labute approximate surface area is 111 Å². The highest BCUT2D eigenvalue weighted by Crippen LogP contribution is 2.46. The van der Waals surface area contributed by atoms with Crippen molar-refractivity contribution in [1.29, 1.82) is 0 Å². The Hall–Kier alpha value is -0.100. The normalized spacial score (nSPS) is 27.5. The number of ether oxygens (including phenoxy) is 1. The minimum Gasteiger partial charge on any atom is -0.381 e. The number of aromatic nitrogens is 1. The van der Waals surface area contributed by atoms with Crippen molar-refractivity contribution in [2.45, 2.75) is 30.7 Å². The van der Waals surface area contributed by atoms with Crippen LogP contribution >= 0.6 is 23.1 Å². The molecule has 0 aliphatic carbocycles. The van der Waals surface area contributed by atoms with E-state index in [1.165, 1.54) is 30.3 Å². The summed E-state index contributed by atoms with van der Waals surface area (Å²) in [4.78, 5) is 7.03. The molecule has 2 saturated heterocycles. The molecule has 0 aromatic carbocycles. The lowest BCUT2D eigenvalue weighted by atomic mass is 9.93. The lowest BCUT2D eigenvalue weighted by molar-refractivity contribution is 0.0631. The summed E-state index contributed by atoms with van der Waals surface area (Å²) >= 11 is 3.88. The van der Waals surface area contributed by atoms with Crippen molar-refractivity contribution in [3.05, 3.63) is 16.1 Å². The summed E-state index contributed by atoms with van der Waals surface area (Å²) in [7, 11) is 1.83. The first-order chi connectivity index (χ1) is 8.19. The van der Waals surface area contributed by atoms with Gasteiger partial charge in [-0.25, -0.2) is 4.98 Å². The molecule has 0 N–H and O–H groups in total. The van der Waals surface area contributed by atoms with E-state index in [0.717, 1.165) is 12.2 Å². The van der Waals surface area contributed by atoms with E-state index in [1.807, 2.05) is 7.11 Å². The van der Waals surface area contributed by atoms with E-state index in [-0.39, 0.29) is 0 Å². The van der Waals surface area contributed by atoms with Gasteiger partial charge in [0.05, 0.1) is 12.6 Å². The van der Waals surface area contributed by atoms with Gasteiger partial charge in [0, 0.05) is 41.8 Å². The molecule has 2 aliphatic heterocycles. The minimum absolute atomic E-state index is 0.476. The van der Waals surface area contributed by atoms with E-state index < -0.39 is 0 Å². The maximum absolute atomic E-state index is 5.45. The van der Waals surface area contributed by atoms with Crippen LogP contribution in [0.4, 0.5) is 0 Å². The van der Waals surface area contributed by atoms with Gasteiger partial charge >= 0.3 is 0 Å². The molecule has 0 radical (unpaired) electrons. The SMILES string of the molecule is COC1CSC2(C1)CN(Cc1nc(C)cs1)C2. The molecule has 1 unspecified atom stereocenters. The zero-order valence-corrected chi connectivity index (χ0v) is 11.9. The number of methoxy groups -OCH3 is 1. The van der Waals surface area contributed by atoms with Crippen molar-refractivity contribution < 1.29 is 4.74 Å². The van der Waals surface area contributed by atoms with Crippen molar-refractivity contribution in [3.63, 3.8) is 0 Å². The van der Waals surface area contributed by atoms with Crippen molar-refractivity contribution in [3.8, 4) is 0 Å². The molecule has 3 heterocycles. The van der Waals surface area contributed by atoms with Crippen LogP contribution in [0, 0.1) is 6.92 Å². The van der Waals surface area contributed by atoms with Crippen LogP contribution in [0.3, 0.4) is 0 Å². The van der Waals surface area contributed by atoms with Crippen molar-refractivity contribution in [2.24, 2.45) is 0 Å². The molecule has 17 heavy (non-hydrogen) atoms. The maximum Gasteiger partial charge on any atom is 0.107 e. The van der Waals surface area contributed by atoms with Gasteiger partial charge in [0.25, 0.3) is 0 Å². The highest BCUT2D eigenvalue weighted by Gasteiger charge is 2.48. The molecular formula is C12H18N2OS2. The number of nitrogens with zero attached hydrogens (tertiary/aromatic N) is 2. The molecule has 2 fully saturated rings. The van der Waals surface area contributed by atoms with E-state index >= 15 is 0 Å². The van der Waals surface area contributed by atoms with Crippen LogP contribution in [-0.2, 0) is 11.3 Å². The Balaban J connectivity index is 1.52. The summed E-state index contributed by atoms with van der Waals surface area (Å²) in [6.45, 7) is 5.50. The average Bonchev–Trinajstić information content (AvgIpc) is 2.85. The van der Waals surface area contributed by atoms with Gasteiger partial charge in [0.1, 0.15) is 5.01 Å². The Morgan fingerprint density at radius 1 is 1.59 bits per heavy atom. The van der Waals surface area contributed by atoms with E-state index in [4.69, 9.17) is 4.74 Å². The fourth-order valence-corrected chi connectivity index (χ4v) is 5.18. The van der Waals surface area contributed by atoms with E-state index in [0.29, 0.717) is 10.9 Å². The Bertz CT molecular complexity index is 401. The molecule has 1 aromatic heterocycles. The van der Waals surface area contributed by atoms with Crippen LogP contribution in [0.25, 0.3) is 0 Å². The van der Waals surface area contributed by atoms with Crippen LogP contribution in [0.1, 0.15) is 17.1 Å². The monoisotopic (exact) mass is 270 g/mol. The molecule has 0 bridgehead atoms. The molecule has 1 spiro atoms. The molecule has 0 amide bonds. The lowest BCUT2D eigenvalue weighted by Crippen LogP contribution is -2.58. The topological polar surface area (TPSA) is 25.4 Å². The van der Waals surface area contributed by atoms with Crippen LogP contribution < -0.4 is 0 Å². The third kappa shape index (κ3) is 2.38. The maximum atomic E-state index is 5.45. The number of hydrogen-bond donors (Lipinski definition) is 0. The van der Waals surface area contributed by atoms with Crippen LogP contribution in [-0.4, -0.2) is 46.7 Å². The molecule has 0 saturated carbocycles. The van der Waals surface area contributed by atoms with Gasteiger partial charge in [-0.1, -0.05) is 0 Å². The highest BCUT2D eigenvalue weighted by molar-refractivity contribution is 8.01. The van der Waals surface area contributed by atoms with Gasteiger partial charge in [-0.3, -0.25) is 4.90 Å². The third-order valence-electron chi connectivity index (χ3n) is 3.56. The number of thiazole rings is 1. The summed E-state index contributed by atoms with van der Waals surface area (Å²) in [6, 6.07) is 0. The number of aryl methyl sites for hydroxylation is 1. The molecule has 1 atom stereocenters. The summed E-state index contributed by atoms with van der Waals surface area (Å²) in [5, 5.41) is 3.39. The second kappa shape index (κ2) is 4.53. The summed E-state index contributed by atoms with van der Waals surface area (Å²) in [5.74, 6) is 1.17. The van der Waals surface area contributed by atoms with Gasteiger partial charge in [0.2, 0.25) is 0 Å². The molecule has 2 aliphatic rings. The molecule has 1 aromatic rings. The van der Waals surface area contributed by atoms with E-state index in [9.17, 15) is 0 Å². The Kier molecular flexibility index (Phi) is 3.19. The molecule has 94 valence electrons. The molecule has 3 rings (SSSR count). The zero-order valence-electron chi connectivity index (χ0n) is 10.3. The number of thioether (sulfide) groups is 1. The summed E-state index contributed by atoms with van der Waals surface area (Å²) < 4.78 is 5.94. The van der Waals surface area contributed by atoms with Crippen LogP contribution in [0.5, 0.6) is 0 Å². The standard InChI is InChI=1S/C12H18N2OS2/c1-9-5-16-11(13-9)4-14-7-12(8-14)3-10(15-2)6-17-12/h5,10H,3-4,6-8H2,1-2H3. The van der Waals surface area contributed by atoms with Gasteiger partial charge in [-0.2, -0.15) is 0 Å². The number of rotatable bonds is 3. The largest absolute Gasteiger partial charge is 0.381 e. The first kappa shape index (κ1) is 12.0. The quantitative estimate of drug-likeness (QED) is 0.840. The predicted octanol–water partition coefficient (Wildman–Crippen LogP) is 2.16. The predicted molar refractivity (Wildman–Crippen MR) is 72.7 cm³/mol. The van der Waals surface area contributed by atoms with Crippen molar-refractivity contribution in [2.75, 3.05) is 26.0 Å². The second-order valence-electron chi connectivity index (χ2n) is 5.08.